The predicted molar refractivity (Wildman–Crippen MR) is 79.0 cm³/mol. The van der Waals surface area contributed by atoms with Crippen LogP contribution in [-0.4, -0.2) is 36.3 Å². The second-order valence-electron chi connectivity index (χ2n) is 4.64. The Hall–Kier alpha value is -1.40. The van der Waals surface area contributed by atoms with Gasteiger partial charge in [-0.15, -0.1) is 11.3 Å². The third kappa shape index (κ3) is 2.79. The topological polar surface area (TPSA) is 59.1 Å². The first kappa shape index (κ1) is 12.6. The lowest BCUT2D eigenvalue weighted by Gasteiger charge is -2.11. The van der Waals surface area contributed by atoms with Gasteiger partial charge in [0.2, 0.25) is 5.95 Å². The Balaban J connectivity index is 1.70. The first-order valence-electron chi connectivity index (χ1n) is 6.65. The molecule has 19 heavy (non-hydrogen) atoms. The number of nitrogens with one attached hydrogen (secondary N) is 2. The van der Waals surface area contributed by atoms with Gasteiger partial charge in [-0.3, -0.25) is 0 Å². The van der Waals surface area contributed by atoms with Crippen LogP contribution in [0, 0.1) is 0 Å². The highest BCUT2D eigenvalue weighted by molar-refractivity contribution is 7.16. The molecule has 0 aromatic carbocycles. The van der Waals surface area contributed by atoms with Crippen molar-refractivity contribution in [3.05, 3.63) is 11.4 Å². The molecule has 6 heteroatoms. The average Bonchev–Trinajstić information content (AvgIpc) is 3.08. The van der Waals surface area contributed by atoms with E-state index in [0.717, 1.165) is 35.6 Å². The minimum atomic E-state index is 0.413. The van der Waals surface area contributed by atoms with Gasteiger partial charge < -0.3 is 15.4 Å². The SMILES string of the molecule is CNc1nc(NCCC2CCCO2)c2ccsc2n1. The monoisotopic (exact) mass is 278 g/mol. The van der Waals surface area contributed by atoms with Gasteiger partial charge in [-0.05, 0) is 30.7 Å². The van der Waals surface area contributed by atoms with Crippen molar-refractivity contribution in [1.82, 2.24) is 9.97 Å². The Morgan fingerprint density at radius 2 is 2.42 bits per heavy atom. The van der Waals surface area contributed by atoms with Crippen LogP contribution in [0.15, 0.2) is 11.4 Å². The fraction of sp³-hybridized carbons (Fsp3) is 0.538. The van der Waals surface area contributed by atoms with Crippen LogP contribution < -0.4 is 10.6 Å². The maximum atomic E-state index is 5.63. The van der Waals surface area contributed by atoms with Crippen LogP contribution in [0.3, 0.4) is 0 Å². The molecular weight excluding hydrogens is 260 g/mol. The number of ether oxygens (including phenoxy) is 1. The minimum absolute atomic E-state index is 0.413. The van der Waals surface area contributed by atoms with Crippen molar-refractivity contribution in [2.45, 2.75) is 25.4 Å². The molecule has 1 unspecified atom stereocenters. The Bertz CT molecular complexity index is 551. The van der Waals surface area contributed by atoms with E-state index >= 15 is 0 Å². The molecule has 0 bridgehead atoms. The van der Waals surface area contributed by atoms with E-state index in [0.29, 0.717) is 12.1 Å². The van der Waals surface area contributed by atoms with E-state index in [-0.39, 0.29) is 0 Å². The molecule has 1 saturated heterocycles. The molecule has 1 fully saturated rings. The molecule has 2 aromatic heterocycles. The van der Waals surface area contributed by atoms with Gasteiger partial charge in [-0.25, -0.2) is 4.98 Å². The summed E-state index contributed by atoms with van der Waals surface area (Å²) in [6.45, 7) is 1.80. The van der Waals surface area contributed by atoms with E-state index in [2.05, 4.69) is 26.7 Å². The smallest absolute Gasteiger partial charge is 0.225 e. The summed E-state index contributed by atoms with van der Waals surface area (Å²) in [5, 5.41) is 9.55. The first-order chi connectivity index (χ1) is 9.36. The normalized spacial score (nSPS) is 18.9. The number of anilines is 2. The van der Waals surface area contributed by atoms with Gasteiger partial charge in [0.1, 0.15) is 10.6 Å². The second kappa shape index (κ2) is 5.71. The maximum Gasteiger partial charge on any atom is 0.225 e. The fourth-order valence-electron chi connectivity index (χ4n) is 2.33. The van der Waals surface area contributed by atoms with Gasteiger partial charge in [0, 0.05) is 20.2 Å². The van der Waals surface area contributed by atoms with Crippen LogP contribution >= 0.6 is 11.3 Å². The van der Waals surface area contributed by atoms with Crippen molar-refractivity contribution in [3.8, 4) is 0 Å². The lowest BCUT2D eigenvalue weighted by Crippen LogP contribution is -2.13. The first-order valence-corrected chi connectivity index (χ1v) is 7.53. The summed E-state index contributed by atoms with van der Waals surface area (Å²) in [4.78, 5) is 9.93. The third-order valence-corrected chi connectivity index (χ3v) is 4.14. The Labute approximate surface area is 116 Å². The van der Waals surface area contributed by atoms with E-state index in [1.54, 1.807) is 11.3 Å². The highest BCUT2D eigenvalue weighted by Crippen LogP contribution is 2.26. The van der Waals surface area contributed by atoms with Gasteiger partial charge in [0.15, 0.2) is 0 Å². The zero-order valence-corrected chi connectivity index (χ0v) is 11.8. The number of nitrogens with zero attached hydrogens (tertiary/aromatic N) is 2. The standard InChI is InChI=1S/C13H18N4OS/c1-14-13-16-11(10-5-8-19-12(10)17-13)15-6-4-9-3-2-7-18-9/h5,8-9H,2-4,6-7H2,1H3,(H2,14,15,16,17). The molecule has 102 valence electrons. The van der Waals surface area contributed by atoms with Gasteiger partial charge in [-0.2, -0.15) is 4.98 Å². The summed E-state index contributed by atoms with van der Waals surface area (Å²) >= 11 is 1.63. The lowest BCUT2D eigenvalue weighted by atomic mass is 10.2. The minimum Gasteiger partial charge on any atom is -0.378 e. The molecule has 0 spiro atoms. The summed E-state index contributed by atoms with van der Waals surface area (Å²) in [7, 11) is 1.84. The summed E-state index contributed by atoms with van der Waals surface area (Å²) in [5.74, 6) is 1.57. The molecule has 5 nitrogen and oxygen atoms in total. The number of fused-ring (bicyclic) bond motifs is 1. The molecule has 1 aliphatic rings. The summed E-state index contributed by atoms with van der Waals surface area (Å²) < 4.78 is 5.63. The van der Waals surface area contributed by atoms with Crippen LogP contribution in [0.4, 0.5) is 11.8 Å². The van der Waals surface area contributed by atoms with Crippen molar-refractivity contribution in [1.29, 1.82) is 0 Å². The summed E-state index contributed by atoms with van der Waals surface area (Å²) in [6, 6.07) is 2.06. The van der Waals surface area contributed by atoms with Crippen LogP contribution in [0.25, 0.3) is 10.2 Å². The number of aromatic nitrogens is 2. The van der Waals surface area contributed by atoms with Crippen LogP contribution in [0.1, 0.15) is 19.3 Å². The van der Waals surface area contributed by atoms with E-state index in [9.17, 15) is 0 Å². The van der Waals surface area contributed by atoms with Crippen molar-refractivity contribution >= 4 is 33.3 Å². The van der Waals surface area contributed by atoms with Gasteiger partial charge in [0.05, 0.1) is 11.5 Å². The largest absolute Gasteiger partial charge is 0.378 e. The average molecular weight is 278 g/mol. The molecule has 3 heterocycles. The number of hydrogen-bond acceptors (Lipinski definition) is 6. The number of thiophene rings is 1. The van der Waals surface area contributed by atoms with Crippen LogP contribution in [-0.2, 0) is 4.74 Å². The lowest BCUT2D eigenvalue weighted by molar-refractivity contribution is 0.107. The second-order valence-corrected chi connectivity index (χ2v) is 5.53. The molecule has 3 rings (SSSR count). The highest BCUT2D eigenvalue weighted by atomic mass is 32.1. The van der Waals surface area contributed by atoms with Crippen LogP contribution in [0.5, 0.6) is 0 Å². The van der Waals surface area contributed by atoms with E-state index < -0.39 is 0 Å². The van der Waals surface area contributed by atoms with Crippen LogP contribution in [0.2, 0.25) is 0 Å². The highest BCUT2D eigenvalue weighted by Gasteiger charge is 2.15. The molecular formula is C13H18N4OS. The zero-order chi connectivity index (χ0) is 13.1. The molecule has 1 atom stereocenters. The molecule has 1 aliphatic heterocycles. The molecule has 0 aliphatic carbocycles. The predicted octanol–water partition coefficient (Wildman–Crippen LogP) is 2.71. The number of rotatable bonds is 5. The molecule has 2 aromatic rings. The maximum absolute atomic E-state index is 5.63. The molecule has 0 amide bonds. The van der Waals surface area contributed by atoms with Gasteiger partial charge >= 0.3 is 0 Å². The van der Waals surface area contributed by atoms with Gasteiger partial charge in [0.25, 0.3) is 0 Å². The van der Waals surface area contributed by atoms with Crippen molar-refractivity contribution < 1.29 is 4.74 Å². The van der Waals surface area contributed by atoms with Gasteiger partial charge in [-0.1, -0.05) is 0 Å². The number of hydrogen-bond donors (Lipinski definition) is 2. The Kier molecular flexibility index (Phi) is 3.79. The van der Waals surface area contributed by atoms with E-state index in [1.165, 1.54) is 12.8 Å². The van der Waals surface area contributed by atoms with Crippen molar-refractivity contribution in [2.24, 2.45) is 0 Å². The Morgan fingerprint density at radius 3 is 3.21 bits per heavy atom. The molecule has 2 N–H and O–H groups in total. The summed E-state index contributed by atoms with van der Waals surface area (Å²) in [6.07, 6.45) is 3.82. The zero-order valence-electron chi connectivity index (χ0n) is 11.0. The van der Waals surface area contributed by atoms with Crippen molar-refractivity contribution in [3.63, 3.8) is 0 Å². The van der Waals surface area contributed by atoms with E-state index in [1.807, 2.05) is 12.4 Å². The quantitative estimate of drug-likeness (QED) is 0.880. The molecule has 0 saturated carbocycles. The fourth-order valence-corrected chi connectivity index (χ4v) is 3.09. The summed E-state index contributed by atoms with van der Waals surface area (Å²) in [5.41, 5.74) is 0. The third-order valence-electron chi connectivity index (χ3n) is 3.33. The van der Waals surface area contributed by atoms with Crippen molar-refractivity contribution in [2.75, 3.05) is 30.8 Å². The Morgan fingerprint density at radius 1 is 1.47 bits per heavy atom. The molecule has 0 radical (unpaired) electrons. The van der Waals surface area contributed by atoms with E-state index in [4.69, 9.17) is 4.74 Å².